The number of para-hydroxylation sites is 1. The SMILES string of the molecule is CCOc1ccccc1C1(O)CC2CCC(C1)O2. The molecule has 2 aliphatic heterocycles. The van der Waals surface area contributed by atoms with Gasteiger partial charge in [0.05, 0.1) is 24.4 Å². The van der Waals surface area contributed by atoms with Crippen molar-refractivity contribution in [3.8, 4) is 5.75 Å². The average molecular weight is 248 g/mol. The van der Waals surface area contributed by atoms with E-state index in [0.29, 0.717) is 19.4 Å². The molecule has 0 aliphatic carbocycles. The first-order chi connectivity index (χ1) is 8.71. The maximum atomic E-state index is 11.0. The highest BCUT2D eigenvalue weighted by atomic mass is 16.5. The molecule has 98 valence electrons. The van der Waals surface area contributed by atoms with E-state index in [0.717, 1.165) is 24.2 Å². The predicted octanol–water partition coefficient (Wildman–Crippen LogP) is 2.61. The number of hydrogen-bond donors (Lipinski definition) is 1. The molecule has 1 aromatic rings. The van der Waals surface area contributed by atoms with E-state index < -0.39 is 5.60 Å². The van der Waals surface area contributed by atoms with Crippen LogP contribution in [0.15, 0.2) is 24.3 Å². The Kier molecular flexibility index (Phi) is 3.04. The smallest absolute Gasteiger partial charge is 0.125 e. The van der Waals surface area contributed by atoms with Crippen LogP contribution in [-0.4, -0.2) is 23.9 Å². The lowest BCUT2D eigenvalue weighted by atomic mass is 9.83. The van der Waals surface area contributed by atoms with E-state index in [1.165, 1.54) is 0 Å². The van der Waals surface area contributed by atoms with Gasteiger partial charge in [0.2, 0.25) is 0 Å². The molecule has 2 aliphatic rings. The fraction of sp³-hybridized carbons (Fsp3) is 0.600. The summed E-state index contributed by atoms with van der Waals surface area (Å²) >= 11 is 0. The molecule has 0 aromatic heterocycles. The molecule has 3 nitrogen and oxygen atoms in total. The quantitative estimate of drug-likeness (QED) is 0.893. The first kappa shape index (κ1) is 12.0. The molecule has 3 heteroatoms. The van der Waals surface area contributed by atoms with E-state index >= 15 is 0 Å². The zero-order valence-corrected chi connectivity index (χ0v) is 10.8. The van der Waals surface area contributed by atoms with Crippen LogP contribution in [0.3, 0.4) is 0 Å². The van der Waals surface area contributed by atoms with E-state index in [-0.39, 0.29) is 12.2 Å². The number of benzene rings is 1. The molecule has 0 spiro atoms. The van der Waals surface area contributed by atoms with Gasteiger partial charge in [-0.2, -0.15) is 0 Å². The Balaban J connectivity index is 1.93. The Morgan fingerprint density at radius 2 is 1.94 bits per heavy atom. The molecule has 18 heavy (non-hydrogen) atoms. The monoisotopic (exact) mass is 248 g/mol. The van der Waals surface area contributed by atoms with Crippen LogP contribution in [0.4, 0.5) is 0 Å². The Bertz CT molecular complexity index is 418. The van der Waals surface area contributed by atoms with Crippen molar-refractivity contribution in [3.63, 3.8) is 0 Å². The molecule has 2 heterocycles. The largest absolute Gasteiger partial charge is 0.493 e. The number of ether oxygens (including phenoxy) is 2. The minimum atomic E-state index is -0.782. The van der Waals surface area contributed by atoms with Crippen LogP contribution >= 0.6 is 0 Å². The Hall–Kier alpha value is -1.06. The maximum Gasteiger partial charge on any atom is 0.125 e. The molecule has 2 fully saturated rings. The van der Waals surface area contributed by atoms with E-state index in [4.69, 9.17) is 9.47 Å². The van der Waals surface area contributed by atoms with Gasteiger partial charge in [-0.25, -0.2) is 0 Å². The molecule has 1 N–H and O–H groups in total. The Labute approximate surface area is 108 Å². The fourth-order valence-electron chi connectivity index (χ4n) is 3.27. The molecule has 2 bridgehead atoms. The van der Waals surface area contributed by atoms with Gasteiger partial charge in [0, 0.05) is 18.4 Å². The van der Waals surface area contributed by atoms with Gasteiger partial charge in [-0.15, -0.1) is 0 Å². The van der Waals surface area contributed by atoms with Gasteiger partial charge in [0.15, 0.2) is 0 Å². The highest BCUT2D eigenvalue weighted by Gasteiger charge is 2.45. The number of hydrogen-bond acceptors (Lipinski definition) is 3. The molecular formula is C15H20O3. The lowest BCUT2D eigenvalue weighted by molar-refractivity contribution is -0.116. The number of aliphatic hydroxyl groups is 1. The number of fused-ring (bicyclic) bond motifs is 2. The van der Waals surface area contributed by atoms with E-state index in [2.05, 4.69) is 0 Å². The van der Waals surface area contributed by atoms with Gasteiger partial charge in [0.25, 0.3) is 0 Å². The van der Waals surface area contributed by atoms with Crippen LogP contribution in [0.25, 0.3) is 0 Å². The third-order valence-electron chi connectivity index (χ3n) is 4.01. The third kappa shape index (κ3) is 2.02. The van der Waals surface area contributed by atoms with Gasteiger partial charge in [-0.05, 0) is 25.8 Å². The minimum Gasteiger partial charge on any atom is -0.493 e. The maximum absolute atomic E-state index is 11.0. The summed E-state index contributed by atoms with van der Waals surface area (Å²) in [6, 6.07) is 7.84. The van der Waals surface area contributed by atoms with Crippen molar-refractivity contribution in [1.29, 1.82) is 0 Å². The standard InChI is InChI=1S/C15H20O3/c1-2-17-14-6-4-3-5-13(14)15(16)9-11-7-8-12(10-15)18-11/h3-6,11-12,16H,2,7-10H2,1H3. The topological polar surface area (TPSA) is 38.7 Å². The average Bonchev–Trinajstić information content (AvgIpc) is 2.70. The molecular weight excluding hydrogens is 228 g/mol. The molecule has 0 saturated carbocycles. The molecule has 3 rings (SSSR count). The lowest BCUT2D eigenvalue weighted by Gasteiger charge is -2.37. The van der Waals surface area contributed by atoms with E-state index in [9.17, 15) is 5.11 Å². The van der Waals surface area contributed by atoms with Crippen molar-refractivity contribution in [2.75, 3.05) is 6.61 Å². The summed E-state index contributed by atoms with van der Waals surface area (Å²) in [4.78, 5) is 0. The second-order valence-corrected chi connectivity index (χ2v) is 5.33. The Morgan fingerprint density at radius 3 is 2.61 bits per heavy atom. The first-order valence-electron chi connectivity index (χ1n) is 6.81. The lowest BCUT2D eigenvalue weighted by Crippen LogP contribution is -2.39. The minimum absolute atomic E-state index is 0.212. The summed E-state index contributed by atoms with van der Waals surface area (Å²) in [5.41, 5.74) is 0.141. The summed E-state index contributed by atoms with van der Waals surface area (Å²) in [6.45, 7) is 2.59. The van der Waals surface area contributed by atoms with Crippen LogP contribution < -0.4 is 4.74 Å². The predicted molar refractivity (Wildman–Crippen MR) is 68.6 cm³/mol. The second kappa shape index (κ2) is 4.56. The number of rotatable bonds is 3. The van der Waals surface area contributed by atoms with Crippen LogP contribution in [0.5, 0.6) is 5.75 Å². The summed E-state index contributed by atoms with van der Waals surface area (Å²) in [5.74, 6) is 0.809. The Morgan fingerprint density at radius 1 is 1.28 bits per heavy atom. The van der Waals surface area contributed by atoms with Crippen molar-refractivity contribution < 1.29 is 14.6 Å². The van der Waals surface area contributed by atoms with Crippen LogP contribution in [0, 0.1) is 0 Å². The molecule has 2 saturated heterocycles. The van der Waals surface area contributed by atoms with Gasteiger partial charge in [-0.3, -0.25) is 0 Å². The molecule has 1 aromatic carbocycles. The van der Waals surface area contributed by atoms with Gasteiger partial charge in [-0.1, -0.05) is 18.2 Å². The van der Waals surface area contributed by atoms with Crippen molar-refractivity contribution in [2.24, 2.45) is 0 Å². The van der Waals surface area contributed by atoms with Crippen molar-refractivity contribution >= 4 is 0 Å². The summed E-state index contributed by atoms with van der Waals surface area (Å²) in [6.07, 6.45) is 3.95. The molecule has 2 atom stereocenters. The van der Waals surface area contributed by atoms with Crippen molar-refractivity contribution in [3.05, 3.63) is 29.8 Å². The van der Waals surface area contributed by atoms with Crippen LogP contribution in [0.2, 0.25) is 0 Å². The highest BCUT2D eigenvalue weighted by molar-refractivity contribution is 5.38. The fourth-order valence-corrected chi connectivity index (χ4v) is 3.27. The van der Waals surface area contributed by atoms with Crippen molar-refractivity contribution in [1.82, 2.24) is 0 Å². The van der Waals surface area contributed by atoms with Gasteiger partial charge < -0.3 is 14.6 Å². The summed E-state index contributed by atoms with van der Waals surface area (Å²) in [7, 11) is 0. The van der Waals surface area contributed by atoms with Crippen LogP contribution in [-0.2, 0) is 10.3 Å². The third-order valence-corrected chi connectivity index (χ3v) is 4.01. The normalized spacial score (nSPS) is 34.6. The summed E-state index contributed by atoms with van der Waals surface area (Å²) < 4.78 is 11.5. The summed E-state index contributed by atoms with van der Waals surface area (Å²) in [5, 5.41) is 11.0. The first-order valence-corrected chi connectivity index (χ1v) is 6.81. The van der Waals surface area contributed by atoms with Crippen molar-refractivity contribution in [2.45, 2.75) is 50.4 Å². The molecule has 2 unspecified atom stereocenters. The van der Waals surface area contributed by atoms with Gasteiger partial charge in [0.1, 0.15) is 5.75 Å². The zero-order valence-electron chi connectivity index (χ0n) is 10.8. The molecule has 0 amide bonds. The molecule has 0 radical (unpaired) electrons. The van der Waals surface area contributed by atoms with Gasteiger partial charge >= 0.3 is 0 Å². The van der Waals surface area contributed by atoms with Crippen LogP contribution in [0.1, 0.15) is 38.2 Å². The second-order valence-electron chi connectivity index (χ2n) is 5.33. The van der Waals surface area contributed by atoms with E-state index in [1.54, 1.807) is 0 Å². The van der Waals surface area contributed by atoms with E-state index in [1.807, 2.05) is 31.2 Å². The zero-order chi connectivity index (χ0) is 12.6. The highest BCUT2D eigenvalue weighted by Crippen LogP contribution is 2.46.